The molecule has 1 aliphatic heterocycles. The molecule has 0 aliphatic carbocycles. The van der Waals surface area contributed by atoms with Crippen LogP contribution >= 0.6 is 0 Å². The standard InChI is InChI=1S/C12H16N2O3S/c1-17-12(15)9-3-2-4-10(13)11(9)14-5-7-18(16)8-6-14/h2-4H,5-8,13H2,1H3. The summed E-state index contributed by atoms with van der Waals surface area (Å²) >= 11 is 0. The summed E-state index contributed by atoms with van der Waals surface area (Å²) in [4.78, 5) is 13.7. The highest BCUT2D eigenvalue weighted by Gasteiger charge is 2.23. The molecule has 1 aromatic carbocycles. The van der Waals surface area contributed by atoms with Gasteiger partial charge < -0.3 is 15.4 Å². The average Bonchev–Trinajstić information content (AvgIpc) is 2.39. The number of benzene rings is 1. The first-order chi connectivity index (χ1) is 8.63. The van der Waals surface area contributed by atoms with Gasteiger partial charge >= 0.3 is 5.97 Å². The molecule has 0 amide bonds. The van der Waals surface area contributed by atoms with Crippen LogP contribution in [0.1, 0.15) is 10.4 Å². The van der Waals surface area contributed by atoms with Crippen molar-refractivity contribution in [1.82, 2.24) is 0 Å². The first kappa shape index (κ1) is 12.9. The van der Waals surface area contributed by atoms with E-state index in [1.807, 2.05) is 4.90 Å². The summed E-state index contributed by atoms with van der Waals surface area (Å²) in [6, 6.07) is 5.18. The van der Waals surface area contributed by atoms with E-state index in [1.165, 1.54) is 7.11 Å². The highest BCUT2D eigenvalue weighted by Crippen LogP contribution is 2.29. The maximum Gasteiger partial charge on any atom is 0.340 e. The van der Waals surface area contributed by atoms with E-state index in [0.717, 1.165) is 0 Å². The van der Waals surface area contributed by atoms with Crippen molar-refractivity contribution in [1.29, 1.82) is 0 Å². The van der Waals surface area contributed by atoms with E-state index < -0.39 is 16.8 Å². The van der Waals surface area contributed by atoms with Crippen molar-refractivity contribution < 1.29 is 13.7 Å². The normalized spacial score (nSPS) is 16.6. The zero-order valence-corrected chi connectivity index (χ0v) is 11.0. The summed E-state index contributed by atoms with van der Waals surface area (Å²) in [5.41, 5.74) is 7.66. The lowest BCUT2D eigenvalue weighted by Gasteiger charge is -2.30. The number of para-hydroxylation sites is 1. The molecule has 1 aliphatic rings. The van der Waals surface area contributed by atoms with Crippen molar-refractivity contribution in [2.45, 2.75) is 0 Å². The number of hydrogen-bond donors (Lipinski definition) is 1. The van der Waals surface area contributed by atoms with Crippen molar-refractivity contribution in [3.63, 3.8) is 0 Å². The number of ether oxygens (including phenoxy) is 1. The van der Waals surface area contributed by atoms with Gasteiger partial charge in [-0.2, -0.15) is 0 Å². The minimum atomic E-state index is -0.759. The van der Waals surface area contributed by atoms with E-state index in [2.05, 4.69) is 0 Å². The Morgan fingerprint density at radius 2 is 2.06 bits per heavy atom. The summed E-state index contributed by atoms with van der Waals surface area (Å²) in [5, 5.41) is 0. The van der Waals surface area contributed by atoms with E-state index in [0.29, 0.717) is 41.5 Å². The Kier molecular flexibility index (Phi) is 3.86. The van der Waals surface area contributed by atoms with Crippen LogP contribution in [-0.4, -0.2) is 41.9 Å². The molecule has 1 heterocycles. The average molecular weight is 268 g/mol. The van der Waals surface area contributed by atoms with E-state index in [9.17, 15) is 9.00 Å². The van der Waals surface area contributed by atoms with E-state index in [1.54, 1.807) is 18.2 Å². The quantitative estimate of drug-likeness (QED) is 0.629. The fraction of sp³-hybridized carbons (Fsp3) is 0.417. The van der Waals surface area contributed by atoms with Gasteiger partial charge in [0.05, 0.1) is 24.0 Å². The van der Waals surface area contributed by atoms with Crippen LogP contribution in [0.5, 0.6) is 0 Å². The van der Waals surface area contributed by atoms with Gasteiger partial charge in [-0.1, -0.05) is 6.07 Å². The predicted octanol–water partition coefficient (Wildman–Crippen LogP) is 0.624. The first-order valence-electron chi connectivity index (χ1n) is 5.70. The van der Waals surface area contributed by atoms with Crippen LogP contribution in [0.2, 0.25) is 0 Å². The minimum Gasteiger partial charge on any atom is -0.465 e. The Balaban J connectivity index is 2.36. The summed E-state index contributed by atoms with van der Waals surface area (Å²) in [6.45, 7) is 1.29. The Morgan fingerprint density at radius 3 is 2.67 bits per heavy atom. The first-order valence-corrected chi connectivity index (χ1v) is 7.19. The van der Waals surface area contributed by atoms with Gasteiger partial charge in [-0.3, -0.25) is 4.21 Å². The van der Waals surface area contributed by atoms with Crippen molar-refractivity contribution in [3.05, 3.63) is 23.8 Å². The third-order valence-corrected chi connectivity index (χ3v) is 4.24. The van der Waals surface area contributed by atoms with E-state index in [4.69, 9.17) is 10.5 Å². The molecule has 0 spiro atoms. The number of nitrogens with zero attached hydrogens (tertiary/aromatic N) is 1. The van der Waals surface area contributed by atoms with Crippen LogP contribution in [0.15, 0.2) is 18.2 Å². The molecule has 2 N–H and O–H groups in total. The van der Waals surface area contributed by atoms with Gasteiger partial charge in [0.25, 0.3) is 0 Å². The Morgan fingerprint density at radius 1 is 1.39 bits per heavy atom. The second kappa shape index (κ2) is 5.39. The molecule has 0 bridgehead atoms. The molecule has 0 saturated carbocycles. The predicted molar refractivity (Wildman–Crippen MR) is 72.3 cm³/mol. The summed E-state index contributed by atoms with van der Waals surface area (Å²) in [6.07, 6.45) is 0. The third-order valence-electron chi connectivity index (χ3n) is 2.97. The number of anilines is 2. The monoisotopic (exact) mass is 268 g/mol. The van der Waals surface area contributed by atoms with Gasteiger partial charge in [0, 0.05) is 35.4 Å². The van der Waals surface area contributed by atoms with Gasteiger partial charge in [-0.25, -0.2) is 4.79 Å². The van der Waals surface area contributed by atoms with Crippen LogP contribution in [-0.2, 0) is 15.5 Å². The summed E-state index contributed by atoms with van der Waals surface area (Å²) in [7, 11) is 0.589. The molecule has 1 aromatic rings. The number of methoxy groups -OCH3 is 1. The Bertz CT molecular complexity index is 480. The molecular formula is C12H16N2O3S. The topological polar surface area (TPSA) is 72.6 Å². The maximum atomic E-state index is 11.7. The molecule has 2 rings (SSSR count). The van der Waals surface area contributed by atoms with Gasteiger partial charge in [0.1, 0.15) is 0 Å². The number of rotatable bonds is 2. The molecule has 6 heteroatoms. The van der Waals surface area contributed by atoms with Gasteiger partial charge in [-0.15, -0.1) is 0 Å². The van der Waals surface area contributed by atoms with Crippen LogP contribution < -0.4 is 10.6 Å². The second-order valence-corrected chi connectivity index (χ2v) is 5.77. The highest BCUT2D eigenvalue weighted by molar-refractivity contribution is 7.85. The number of nitrogen functional groups attached to an aromatic ring is 1. The van der Waals surface area contributed by atoms with Crippen molar-refractivity contribution >= 4 is 28.1 Å². The molecule has 98 valence electrons. The number of esters is 1. The fourth-order valence-corrected chi connectivity index (χ4v) is 3.10. The molecule has 0 atom stereocenters. The van der Waals surface area contributed by atoms with Crippen LogP contribution in [0.3, 0.4) is 0 Å². The van der Waals surface area contributed by atoms with Crippen molar-refractivity contribution in [2.24, 2.45) is 0 Å². The molecular weight excluding hydrogens is 252 g/mol. The summed E-state index contributed by atoms with van der Waals surface area (Å²) < 4.78 is 16.1. The lowest BCUT2D eigenvalue weighted by molar-refractivity contribution is 0.0601. The number of carbonyl (C=O) groups excluding carboxylic acids is 1. The van der Waals surface area contributed by atoms with Crippen LogP contribution in [0.4, 0.5) is 11.4 Å². The van der Waals surface area contributed by atoms with E-state index >= 15 is 0 Å². The van der Waals surface area contributed by atoms with Crippen molar-refractivity contribution in [3.8, 4) is 0 Å². The Hall–Kier alpha value is -1.56. The van der Waals surface area contributed by atoms with Crippen LogP contribution in [0, 0.1) is 0 Å². The van der Waals surface area contributed by atoms with Gasteiger partial charge in [0.15, 0.2) is 0 Å². The lowest BCUT2D eigenvalue weighted by atomic mass is 10.1. The molecule has 1 fully saturated rings. The minimum absolute atomic E-state index is 0.399. The largest absolute Gasteiger partial charge is 0.465 e. The molecule has 1 saturated heterocycles. The molecule has 5 nitrogen and oxygen atoms in total. The zero-order valence-electron chi connectivity index (χ0n) is 10.2. The van der Waals surface area contributed by atoms with E-state index in [-0.39, 0.29) is 0 Å². The van der Waals surface area contributed by atoms with Gasteiger partial charge in [0.2, 0.25) is 0 Å². The second-order valence-electron chi connectivity index (χ2n) is 4.07. The number of nitrogens with two attached hydrogens (primary N) is 1. The zero-order chi connectivity index (χ0) is 13.1. The lowest BCUT2D eigenvalue weighted by Crippen LogP contribution is -2.39. The molecule has 0 radical (unpaired) electrons. The molecule has 0 aromatic heterocycles. The number of hydrogen-bond acceptors (Lipinski definition) is 5. The smallest absolute Gasteiger partial charge is 0.340 e. The molecule has 0 unspecified atom stereocenters. The fourth-order valence-electron chi connectivity index (χ4n) is 2.05. The summed E-state index contributed by atoms with van der Waals surface area (Å²) in [5.74, 6) is 0.813. The molecule has 18 heavy (non-hydrogen) atoms. The maximum absolute atomic E-state index is 11.7. The van der Waals surface area contributed by atoms with Crippen molar-refractivity contribution in [2.75, 3.05) is 42.3 Å². The highest BCUT2D eigenvalue weighted by atomic mass is 32.2. The number of carbonyl (C=O) groups is 1. The van der Waals surface area contributed by atoms with Gasteiger partial charge in [-0.05, 0) is 12.1 Å². The Labute approximate surface area is 108 Å². The third kappa shape index (κ3) is 2.48. The van der Waals surface area contributed by atoms with Crippen LogP contribution in [0.25, 0.3) is 0 Å². The SMILES string of the molecule is COC(=O)c1cccc(N)c1N1CCS(=O)CC1.